The molecule has 0 radical (unpaired) electrons. The number of carbonyl (C=O) groups is 2. The molecule has 0 spiro atoms. The van der Waals surface area contributed by atoms with Gasteiger partial charge < -0.3 is 10.1 Å². The lowest BCUT2D eigenvalue weighted by molar-refractivity contribution is -0.119. The van der Waals surface area contributed by atoms with E-state index in [1.807, 2.05) is 30.3 Å². The third-order valence-corrected chi connectivity index (χ3v) is 7.22. The third kappa shape index (κ3) is 4.39. The largest absolute Gasteiger partial charge is 0.442 e. The molecule has 170 valence electrons. The number of hydrogen-bond acceptors (Lipinski definition) is 5. The minimum atomic E-state index is -3.89. The molecule has 1 N–H and O–H groups in total. The molecule has 32 heavy (non-hydrogen) atoms. The van der Waals surface area contributed by atoms with Crippen molar-refractivity contribution in [3.05, 3.63) is 59.9 Å². The van der Waals surface area contributed by atoms with Crippen molar-refractivity contribution in [2.24, 2.45) is 0 Å². The molecule has 2 aromatic carbocycles. The van der Waals surface area contributed by atoms with Crippen LogP contribution in [-0.2, 0) is 26.3 Å². The number of amides is 2. The summed E-state index contributed by atoms with van der Waals surface area (Å²) in [6.07, 6.45) is -1.21. The maximum Gasteiger partial charge on any atom is 0.414 e. The second kappa shape index (κ2) is 8.75. The predicted molar refractivity (Wildman–Crippen MR) is 116 cm³/mol. The van der Waals surface area contributed by atoms with Gasteiger partial charge in [-0.1, -0.05) is 30.3 Å². The van der Waals surface area contributed by atoms with Gasteiger partial charge in [0.1, 0.15) is 11.9 Å². The number of benzene rings is 2. The van der Waals surface area contributed by atoms with Gasteiger partial charge in [-0.25, -0.2) is 9.18 Å². The van der Waals surface area contributed by atoms with E-state index in [0.29, 0.717) is 0 Å². The van der Waals surface area contributed by atoms with Gasteiger partial charge in [0, 0.05) is 26.6 Å². The highest BCUT2D eigenvalue weighted by molar-refractivity contribution is 7.90. The molecule has 0 saturated carbocycles. The Bertz CT molecular complexity index is 1130. The summed E-state index contributed by atoms with van der Waals surface area (Å²) in [6, 6.07) is 13.1. The normalized spacial score (nSPS) is 20.4. The number of rotatable bonds is 6. The van der Waals surface area contributed by atoms with E-state index in [9.17, 15) is 22.4 Å². The zero-order valence-corrected chi connectivity index (χ0v) is 18.2. The molecule has 9 nitrogen and oxygen atoms in total. The van der Waals surface area contributed by atoms with Gasteiger partial charge in [-0.3, -0.25) is 14.0 Å². The summed E-state index contributed by atoms with van der Waals surface area (Å²) < 4.78 is 48.5. The van der Waals surface area contributed by atoms with Crippen LogP contribution in [0.3, 0.4) is 0 Å². The molecular formula is C21H23FN4O5S. The molecule has 2 aromatic rings. The predicted octanol–water partition coefficient (Wildman–Crippen LogP) is 1.85. The van der Waals surface area contributed by atoms with E-state index in [1.165, 1.54) is 28.3 Å². The first kappa shape index (κ1) is 22.0. The first-order valence-corrected chi connectivity index (χ1v) is 11.5. The van der Waals surface area contributed by atoms with Crippen molar-refractivity contribution in [3.63, 3.8) is 0 Å². The number of halogens is 1. The van der Waals surface area contributed by atoms with Crippen molar-refractivity contribution < 1.29 is 27.1 Å². The fraction of sp³-hybridized carbons (Fsp3) is 0.333. The molecule has 0 aliphatic carbocycles. The molecule has 2 amide bonds. The molecule has 2 fully saturated rings. The molecule has 11 heteroatoms. The summed E-state index contributed by atoms with van der Waals surface area (Å²) in [5.41, 5.74) is 1.01. The summed E-state index contributed by atoms with van der Waals surface area (Å²) in [4.78, 5) is 24.5. The summed E-state index contributed by atoms with van der Waals surface area (Å²) in [6.45, 7) is 2.22. The van der Waals surface area contributed by atoms with Crippen molar-refractivity contribution >= 4 is 33.6 Å². The SMILES string of the molecule is CC(=O)NC[C@H]1CN(c2ccc(N3CCN(Cc4ccccc4)S3(=O)=O)c(F)c2)C(=O)O1. The van der Waals surface area contributed by atoms with E-state index in [1.54, 1.807) is 0 Å². The molecule has 2 aliphatic rings. The first-order valence-electron chi connectivity index (χ1n) is 10.1. The lowest BCUT2D eigenvalue weighted by Gasteiger charge is -2.22. The molecule has 4 rings (SSSR count). The monoisotopic (exact) mass is 462 g/mol. The minimum absolute atomic E-state index is 0.0772. The standard InChI is InChI=1S/C21H23FN4O5S/c1-15(27)23-12-18-14-25(21(28)31-18)17-7-8-20(19(22)11-17)26-10-9-24(32(26,29)30)13-16-5-3-2-4-6-16/h2-8,11,18H,9-10,12-14H2,1H3,(H,23,27)/t18-/m0/s1. The fourth-order valence-corrected chi connectivity index (χ4v) is 5.34. The number of nitrogens with one attached hydrogen (secondary N) is 1. The van der Waals surface area contributed by atoms with Gasteiger partial charge in [-0.15, -0.1) is 0 Å². The van der Waals surface area contributed by atoms with E-state index < -0.39 is 28.2 Å². The average molecular weight is 463 g/mol. The van der Waals surface area contributed by atoms with E-state index in [0.717, 1.165) is 15.9 Å². The van der Waals surface area contributed by atoms with Crippen molar-refractivity contribution in [1.29, 1.82) is 0 Å². The molecular weight excluding hydrogens is 439 g/mol. The highest BCUT2D eigenvalue weighted by Gasteiger charge is 2.38. The Hall–Kier alpha value is -3.18. The van der Waals surface area contributed by atoms with Crippen LogP contribution in [0.15, 0.2) is 48.5 Å². The van der Waals surface area contributed by atoms with Crippen molar-refractivity contribution in [2.75, 3.05) is 35.4 Å². The van der Waals surface area contributed by atoms with Gasteiger partial charge in [-0.05, 0) is 23.8 Å². The maximum atomic E-state index is 15.0. The van der Waals surface area contributed by atoms with Crippen molar-refractivity contribution in [3.8, 4) is 0 Å². The van der Waals surface area contributed by atoms with Gasteiger partial charge in [0.25, 0.3) is 0 Å². The Morgan fingerprint density at radius 1 is 1.19 bits per heavy atom. The van der Waals surface area contributed by atoms with Gasteiger partial charge >= 0.3 is 16.3 Å². The molecule has 2 saturated heterocycles. The van der Waals surface area contributed by atoms with E-state index >= 15 is 0 Å². The second-order valence-corrected chi connectivity index (χ2v) is 9.44. The van der Waals surface area contributed by atoms with Crippen LogP contribution in [0.5, 0.6) is 0 Å². The maximum absolute atomic E-state index is 15.0. The summed E-state index contributed by atoms with van der Waals surface area (Å²) in [5, 5.41) is 2.57. The molecule has 0 aromatic heterocycles. The zero-order chi connectivity index (χ0) is 22.9. The smallest absolute Gasteiger partial charge is 0.414 e. The van der Waals surface area contributed by atoms with Crippen LogP contribution in [0.4, 0.5) is 20.6 Å². The zero-order valence-electron chi connectivity index (χ0n) is 17.4. The number of carbonyl (C=O) groups excluding carboxylic acids is 2. The van der Waals surface area contributed by atoms with Crippen LogP contribution in [0.2, 0.25) is 0 Å². The van der Waals surface area contributed by atoms with Crippen LogP contribution < -0.4 is 14.5 Å². The lowest BCUT2D eigenvalue weighted by atomic mass is 10.2. The molecule has 0 unspecified atom stereocenters. The van der Waals surface area contributed by atoms with Gasteiger partial charge in [0.15, 0.2) is 0 Å². The third-order valence-electron chi connectivity index (χ3n) is 5.32. The number of cyclic esters (lactones) is 1. The topological polar surface area (TPSA) is 99.3 Å². The summed E-state index contributed by atoms with van der Waals surface area (Å²) in [5.74, 6) is -1.01. The van der Waals surface area contributed by atoms with E-state index in [-0.39, 0.29) is 50.0 Å². The Morgan fingerprint density at radius 3 is 2.62 bits per heavy atom. The van der Waals surface area contributed by atoms with Gasteiger partial charge in [-0.2, -0.15) is 12.7 Å². The van der Waals surface area contributed by atoms with Crippen LogP contribution >= 0.6 is 0 Å². The second-order valence-electron chi connectivity index (χ2n) is 7.59. The minimum Gasteiger partial charge on any atom is -0.442 e. The first-order chi connectivity index (χ1) is 15.3. The van der Waals surface area contributed by atoms with Gasteiger partial charge in [0.2, 0.25) is 5.91 Å². The Balaban J connectivity index is 1.49. The highest BCUT2D eigenvalue weighted by Crippen LogP contribution is 2.32. The molecule has 2 heterocycles. The van der Waals surface area contributed by atoms with Crippen LogP contribution in [0.25, 0.3) is 0 Å². The van der Waals surface area contributed by atoms with E-state index in [4.69, 9.17) is 4.74 Å². The number of anilines is 2. The number of nitrogens with zero attached hydrogens (tertiary/aromatic N) is 3. The molecule has 1 atom stereocenters. The Labute approximate surface area is 185 Å². The summed E-state index contributed by atoms with van der Waals surface area (Å²) >= 11 is 0. The number of ether oxygens (including phenoxy) is 1. The average Bonchev–Trinajstić information content (AvgIpc) is 3.26. The van der Waals surface area contributed by atoms with Crippen LogP contribution in [0.1, 0.15) is 12.5 Å². The summed E-state index contributed by atoms with van der Waals surface area (Å²) in [7, 11) is -3.89. The van der Waals surface area contributed by atoms with Crippen LogP contribution in [-0.4, -0.2) is 57.0 Å². The van der Waals surface area contributed by atoms with Gasteiger partial charge in [0.05, 0.1) is 24.5 Å². The molecule has 0 bridgehead atoms. The Kier molecular flexibility index (Phi) is 6.02. The quantitative estimate of drug-likeness (QED) is 0.707. The fourth-order valence-electron chi connectivity index (χ4n) is 3.73. The van der Waals surface area contributed by atoms with Crippen LogP contribution in [0, 0.1) is 5.82 Å². The van der Waals surface area contributed by atoms with Crippen molar-refractivity contribution in [1.82, 2.24) is 9.62 Å². The lowest BCUT2D eigenvalue weighted by Crippen LogP contribution is -2.34. The highest BCUT2D eigenvalue weighted by atomic mass is 32.2. The molecule has 2 aliphatic heterocycles. The number of hydrogen-bond donors (Lipinski definition) is 1. The van der Waals surface area contributed by atoms with E-state index in [2.05, 4.69) is 5.32 Å². The van der Waals surface area contributed by atoms with Crippen molar-refractivity contribution in [2.45, 2.75) is 19.6 Å². The Morgan fingerprint density at radius 2 is 1.94 bits per heavy atom.